The van der Waals surface area contributed by atoms with Crippen LogP contribution in [0.3, 0.4) is 0 Å². The lowest BCUT2D eigenvalue weighted by atomic mass is 10.0. The molecule has 8 heteroatoms. The van der Waals surface area contributed by atoms with E-state index in [1.165, 1.54) is 16.3 Å². The number of fused-ring (bicyclic) bond motifs is 1. The molecule has 0 amide bonds. The molecule has 2 heterocycles. The molecule has 32 heavy (non-hydrogen) atoms. The zero-order chi connectivity index (χ0) is 21.5. The second-order valence-corrected chi connectivity index (χ2v) is 7.93. The number of piperazine rings is 1. The van der Waals surface area contributed by atoms with Crippen LogP contribution in [-0.4, -0.2) is 69.8 Å². The van der Waals surface area contributed by atoms with Crippen molar-refractivity contribution in [1.29, 1.82) is 0 Å². The van der Waals surface area contributed by atoms with Gasteiger partial charge in [-0.1, -0.05) is 49.4 Å². The normalized spacial score (nSPS) is 15.1. The van der Waals surface area contributed by atoms with Crippen LogP contribution in [0.25, 0.3) is 10.8 Å². The third kappa shape index (κ3) is 5.98. The van der Waals surface area contributed by atoms with Gasteiger partial charge >= 0.3 is 0 Å². The maximum atomic E-state index is 4.87. The Morgan fingerprint density at radius 1 is 1.03 bits per heavy atom. The molecule has 1 N–H and O–H groups in total. The molecule has 0 aliphatic carbocycles. The van der Waals surface area contributed by atoms with Crippen molar-refractivity contribution in [3.05, 3.63) is 60.2 Å². The highest BCUT2D eigenvalue weighted by atomic mass is 127. The van der Waals surface area contributed by atoms with Crippen molar-refractivity contribution < 1.29 is 0 Å². The molecule has 3 aromatic rings. The first-order valence-electron chi connectivity index (χ1n) is 11.4. The van der Waals surface area contributed by atoms with Crippen molar-refractivity contribution in [3.63, 3.8) is 0 Å². The lowest BCUT2D eigenvalue weighted by Crippen LogP contribution is -2.52. The van der Waals surface area contributed by atoms with Crippen molar-refractivity contribution in [2.75, 3.05) is 39.3 Å². The van der Waals surface area contributed by atoms with Gasteiger partial charge in [0.25, 0.3) is 0 Å². The highest BCUT2D eigenvalue weighted by Gasteiger charge is 2.20. The quantitative estimate of drug-likeness (QED) is 0.279. The molecule has 0 saturated carbocycles. The lowest BCUT2D eigenvalue weighted by Gasteiger charge is -2.36. The molecule has 0 unspecified atom stereocenters. The second kappa shape index (κ2) is 12.2. The number of nitrogens with zero attached hydrogens (tertiary/aromatic N) is 6. The Morgan fingerprint density at radius 2 is 1.81 bits per heavy atom. The molecular formula is C24H34IN7. The molecule has 0 radical (unpaired) electrons. The van der Waals surface area contributed by atoms with Gasteiger partial charge in [0.05, 0.1) is 6.54 Å². The van der Waals surface area contributed by atoms with E-state index in [1.807, 2.05) is 0 Å². The molecule has 1 aliphatic rings. The number of halogens is 1. The summed E-state index contributed by atoms with van der Waals surface area (Å²) in [4.78, 5) is 9.81. The minimum absolute atomic E-state index is 0. The van der Waals surface area contributed by atoms with Crippen LogP contribution < -0.4 is 5.32 Å². The predicted molar refractivity (Wildman–Crippen MR) is 142 cm³/mol. The predicted octanol–water partition coefficient (Wildman–Crippen LogP) is 3.40. The Kier molecular flexibility index (Phi) is 9.28. The van der Waals surface area contributed by atoms with Gasteiger partial charge in [0, 0.05) is 52.2 Å². The van der Waals surface area contributed by atoms with Gasteiger partial charge in [0.2, 0.25) is 0 Å². The van der Waals surface area contributed by atoms with E-state index in [4.69, 9.17) is 4.99 Å². The van der Waals surface area contributed by atoms with E-state index in [1.54, 1.807) is 6.33 Å². The van der Waals surface area contributed by atoms with Gasteiger partial charge in [-0.15, -0.1) is 34.2 Å². The van der Waals surface area contributed by atoms with Gasteiger partial charge in [-0.05, 0) is 23.3 Å². The van der Waals surface area contributed by atoms with E-state index in [0.717, 1.165) is 70.6 Å². The summed E-state index contributed by atoms with van der Waals surface area (Å²) in [5, 5.41) is 14.3. The van der Waals surface area contributed by atoms with Crippen molar-refractivity contribution in [2.24, 2.45) is 4.99 Å². The van der Waals surface area contributed by atoms with E-state index in [0.29, 0.717) is 0 Å². The van der Waals surface area contributed by atoms with Crippen molar-refractivity contribution in [3.8, 4) is 0 Å². The first-order chi connectivity index (χ1) is 15.3. The molecular weight excluding hydrogens is 513 g/mol. The Labute approximate surface area is 207 Å². The number of aromatic nitrogens is 3. The van der Waals surface area contributed by atoms with Gasteiger partial charge < -0.3 is 14.8 Å². The minimum Gasteiger partial charge on any atom is -0.357 e. The van der Waals surface area contributed by atoms with Crippen molar-refractivity contribution in [1.82, 2.24) is 29.9 Å². The summed E-state index contributed by atoms with van der Waals surface area (Å²) in [5.41, 5.74) is 1.41. The van der Waals surface area contributed by atoms with Crippen molar-refractivity contribution >= 4 is 40.7 Å². The number of guanidine groups is 1. The van der Waals surface area contributed by atoms with Crippen LogP contribution in [0.15, 0.2) is 53.8 Å². The zero-order valence-electron chi connectivity index (χ0n) is 19.1. The fraction of sp³-hybridized carbons (Fsp3) is 0.458. The summed E-state index contributed by atoms with van der Waals surface area (Å²) in [6, 6.07) is 15.3. The Hall–Kier alpha value is -2.20. The Bertz CT molecular complexity index is 1000. The van der Waals surface area contributed by atoms with Gasteiger partial charge in [0.15, 0.2) is 5.96 Å². The number of aryl methyl sites for hydroxylation is 1. The molecule has 1 fully saturated rings. The van der Waals surface area contributed by atoms with Gasteiger partial charge in [-0.3, -0.25) is 9.89 Å². The first kappa shape index (κ1) is 24.4. The van der Waals surface area contributed by atoms with Crippen LogP contribution in [0.2, 0.25) is 0 Å². The van der Waals surface area contributed by atoms with E-state index < -0.39 is 0 Å². The molecule has 2 aromatic carbocycles. The molecule has 1 saturated heterocycles. The van der Waals surface area contributed by atoms with Crippen LogP contribution in [0.4, 0.5) is 0 Å². The summed E-state index contributed by atoms with van der Waals surface area (Å²) >= 11 is 0. The summed E-state index contributed by atoms with van der Waals surface area (Å²) in [6.45, 7) is 11.7. The molecule has 1 aliphatic heterocycles. The molecule has 1 aromatic heterocycles. The molecule has 0 atom stereocenters. The number of aliphatic imine (C=N–C) groups is 1. The Balaban J connectivity index is 0.00000289. The summed E-state index contributed by atoms with van der Waals surface area (Å²) < 4.78 is 2.09. The smallest absolute Gasteiger partial charge is 0.194 e. The number of nitrogens with one attached hydrogen (secondary N) is 1. The summed E-state index contributed by atoms with van der Waals surface area (Å²) in [6.07, 6.45) is 2.69. The second-order valence-electron chi connectivity index (χ2n) is 7.93. The van der Waals surface area contributed by atoms with E-state index in [2.05, 4.69) is 86.2 Å². The monoisotopic (exact) mass is 547 g/mol. The minimum atomic E-state index is 0. The standard InChI is InChI=1S/C24H33N7.HI/c1-3-23-28-27-19-31(23)13-12-26-24(25-4-2)30-16-14-29(15-17-30)18-21-10-7-9-20-8-5-6-11-22(20)21;/h5-11,19H,3-4,12-18H2,1-2H3,(H,25,26);1H. The van der Waals surface area contributed by atoms with Gasteiger partial charge in [0.1, 0.15) is 12.2 Å². The van der Waals surface area contributed by atoms with Gasteiger partial charge in [-0.2, -0.15) is 0 Å². The lowest BCUT2D eigenvalue weighted by molar-refractivity contribution is 0.173. The average Bonchev–Trinajstić information content (AvgIpc) is 3.27. The van der Waals surface area contributed by atoms with Crippen molar-refractivity contribution in [2.45, 2.75) is 33.4 Å². The third-order valence-electron chi connectivity index (χ3n) is 5.90. The van der Waals surface area contributed by atoms with Crippen LogP contribution in [-0.2, 0) is 19.5 Å². The number of rotatable bonds is 7. The molecule has 0 spiro atoms. The fourth-order valence-corrected chi connectivity index (χ4v) is 4.22. The summed E-state index contributed by atoms with van der Waals surface area (Å²) in [5.74, 6) is 2.03. The number of benzene rings is 2. The maximum Gasteiger partial charge on any atom is 0.194 e. The SMILES string of the molecule is CCNC(=NCCn1cnnc1CC)N1CCN(Cc2cccc3ccccc23)CC1.I. The van der Waals surface area contributed by atoms with E-state index >= 15 is 0 Å². The van der Waals surface area contributed by atoms with E-state index in [9.17, 15) is 0 Å². The highest BCUT2D eigenvalue weighted by Crippen LogP contribution is 2.20. The highest BCUT2D eigenvalue weighted by molar-refractivity contribution is 14.0. The first-order valence-corrected chi connectivity index (χ1v) is 11.4. The maximum absolute atomic E-state index is 4.87. The molecule has 7 nitrogen and oxygen atoms in total. The number of hydrogen-bond donors (Lipinski definition) is 1. The summed E-state index contributed by atoms with van der Waals surface area (Å²) in [7, 11) is 0. The third-order valence-corrected chi connectivity index (χ3v) is 5.90. The fourth-order valence-electron chi connectivity index (χ4n) is 4.22. The van der Waals surface area contributed by atoms with Crippen LogP contribution in [0.5, 0.6) is 0 Å². The van der Waals surface area contributed by atoms with Gasteiger partial charge in [-0.25, -0.2) is 0 Å². The Morgan fingerprint density at radius 3 is 2.59 bits per heavy atom. The zero-order valence-corrected chi connectivity index (χ0v) is 21.4. The van der Waals surface area contributed by atoms with Crippen LogP contribution in [0.1, 0.15) is 25.2 Å². The van der Waals surface area contributed by atoms with Crippen LogP contribution in [0, 0.1) is 0 Å². The van der Waals surface area contributed by atoms with Crippen LogP contribution >= 0.6 is 24.0 Å². The topological polar surface area (TPSA) is 61.6 Å². The molecule has 4 rings (SSSR count). The molecule has 172 valence electrons. The average molecular weight is 547 g/mol. The van der Waals surface area contributed by atoms with E-state index in [-0.39, 0.29) is 24.0 Å². The molecule has 0 bridgehead atoms. The largest absolute Gasteiger partial charge is 0.357 e. The number of hydrogen-bond acceptors (Lipinski definition) is 4.